The van der Waals surface area contributed by atoms with Crippen LogP contribution in [-0.4, -0.2) is 66.8 Å². The van der Waals surface area contributed by atoms with Gasteiger partial charge in [0.05, 0.1) is 18.3 Å². The zero-order valence-electron chi connectivity index (χ0n) is 23.5. The molecule has 1 aliphatic rings. The molecule has 2 atom stereocenters. The zero-order valence-corrected chi connectivity index (χ0v) is 23.5. The largest absolute Gasteiger partial charge is 0.392 e. The van der Waals surface area contributed by atoms with Crippen LogP contribution in [0.15, 0.2) is 60.8 Å². The van der Waals surface area contributed by atoms with Crippen molar-refractivity contribution in [2.75, 3.05) is 11.4 Å². The normalized spacial score (nSPS) is 16.2. The van der Waals surface area contributed by atoms with Gasteiger partial charge in [0.25, 0.3) is 0 Å². The van der Waals surface area contributed by atoms with Gasteiger partial charge < -0.3 is 25.6 Å². The molecule has 214 valence electrons. The standard InChI is InChI=1S/C30H36N8O3/c1-19(39)17-32-30(2,3)16-27(40)33-25-13-12-24-26(14-15-31-24)38(29(25)41)18-20-8-10-21(11-9-20)22-6-4-5-7-23(22)28-34-36-37-35-28/h4-11,14-15,19,25,31-32,39H,12-13,16-18H2,1-3H3,(H,33,40)(H,34,35,36,37)/t19-,25-/m1/s1. The van der Waals surface area contributed by atoms with E-state index in [2.05, 4.69) is 36.2 Å². The molecule has 2 amide bonds. The van der Waals surface area contributed by atoms with Crippen molar-refractivity contribution in [3.8, 4) is 22.5 Å². The van der Waals surface area contributed by atoms with E-state index in [-0.39, 0.29) is 18.2 Å². The Bertz CT molecular complexity index is 1480. The molecule has 0 bridgehead atoms. The second-order valence-corrected chi connectivity index (χ2v) is 11.2. The summed E-state index contributed by atoms with van der Waals surface area (Å²) in [5.41, 5.74) is 5.13. The van der Waals surface area contributed by atoms with Gasteiger partial charge in [-0.15, -0.1) is 5.10 Å². The monoisotopic (exact) mass is 556 g/mol. The number of carbonyl (C=O) groups is 2. The fourth-order valence-electron chi connectivity index (χ4n) is 5.18. The summed E-state index contributed by atoms with van der Waals surface area (Å²) in [6.07, 6.45) is 2.66. The molecule has 0 saturated carbocycles. The molecule has 0 radical (unpaired) electrons. The highest BCUT2D eigenvalue weighted by atomic mass is 16.3. The van der Waals surface area contributed by atoms with Gasteiger partial charge in [-0.25, -0.2) is 5.10 Å². The molecular weight excluding hydrogens is 520 g/mol. The van der Waals surface area contributed by atoms with Crippen molar-refractivity contribution in [3.05, 3.63) is 72.1 Å². The van der Waals surface area contributed by atoms with Gasteiger partial charge in [0, 0.05) is 36.0 Å². The Kier molecular flexibility index (Phi) is 8.27. The highest BCUT2D eigenvalue weighted by Crippen LogP contribution is 2.31. The topological polar surface area (TPSA) is 152 Å². The third-order valence-corrected chi connectivity index (χ3v) is 7.29. The number of aromatic amines is 2. The fourth-order valence-corrected chi connectivity index (χ4v) is 5.18. The third-order valence-electron chi connectivity index (χ3n) is 7.29. The number of aliphatic hydroxyl groups excluding tert-OH is 1. The first-order valence-electron chi connectivity index (χ1n) is 13.8. The fraction of sp³-hybridized carbons (Fsp3) is 0.367. The number of tetrazole rings is 1. The maximum Gasteiger partial charge on any atom is 0.249 e. The SMILES string of the molecule is C[C@@H](O)CNC(C)(C)CC(=O)N[C@@H]1CCc2[nH]ccc2N(Cc2ccc(-c3ccccc3-c3nnn[nH]3)cc2)C1=O. The lowest BCUT2D eigenvalue weighted by Crippen LogP contribution is -2.51. The van der Waals surface area contributed by atoms with Crippen molar-refractivity contribution in [1.82, 2.24) is 36.2 Å². The van der Waals surface area contributed by atoms with Gasteiger partial charge >= 0.3 is 0 Å². The molecule has 4 aromatic rings. The van der Waals surface area contributed by atoms with E-state index in [1.165, 1.54) is 0 Å². The molecule has 41 heavy (non-hydrogen) atoms. The minimum Gasteiger partial charge on any atom is -0.392 e. The maximum atomic E-state index is 13.8. The van der Waals surface area contributed by atoms with Gasteiger partial charge in [-0.1, -0.05) is 48.5 Å². The van der Waals surface area contributed by atoms with Crippen molar-refractivity contribution < 1.29 is 14.7 Å². The molecule has 0 unspecified atom stereocenters. The molecular formula is C30H36N8O3. The molecule has 1 aliphatic heterocycles. The van der Waals surface area contributed by atoms with Gasteiger partial charge in [-0.3, -0.25) is 9.59 Å². The van der Waals surface area contributed by atoms with Gasteiger partial charge in [0.1, 0.15) is 6.04 Å². The van der Waals surface area contributed by atoms with Crippen molar-refractivity contribution in [1.29, 1.82) is 0 Å². The number of nitrogens with one attached hydrogen (secondary N) is 4. The number of β-amino-alcohol motifs (C(OH)–C–C–N with tert-alkyl or cyclic N) is 1. The van der Waals surface area contributed by atoms with Gasteiger partial charge in [-0.05, 0) is 66.8 Å². The number of amides is 2. The average Bonchev–Trinajstić information content (AvgIpc) is 3.64. The highest BCUT2D eigenvalue weighted by molar-refractivity contribution is 6.00. The summed E-state index contributed by atoms with van der Waals surface area (Å²) in [7, 11) is 0. The van der Waals surface area contributed by atoms with Crippen LogP contribution in [0.2, 0.25) is 0 Å². The Morgan fingerprint density at radius 3 is 2.61 bits per heavy atom. The molecule has 0 saturated heterocycles. The van der Waals surface area contributed by atoms with Crippen molar-refractivity contribution in [2.24, 2.45) is 0 Å². The smallest absolute Gasteiger partial charge is 0.249 e. The second-order valence-electron chi connectivity index (χ2n) is 11.2. The molecule has 5 rings (SSSR count). The third kappa shape index (κ3) is 6.69. The van der Waals surface area contributed by atoms with E-state index in [4.69, 9.17) is 0 Å². The number of hydrogen-bond acceptors (Lipinski definition) is 7. The Hall–Kier alpha value is -4.35. The van der Waals surface area contributed by atoms with Crippen LogP contribution in [0.5, 0.6) is 0 Å². The van der Waals surface area contributed by atoms with Crippen LogP contribution >= 0.6 is 0 Å². The first-order chi connectivity index (χ1) is 19.7. The number of anilines is 1. The first kappa shape index (κ1) is 28.2. The Morgan fingerprint density at radius 2 is 1.90 bits per heavy atom. The number of rotatable bonds is 10. The van der Waals surface area contributed by atoms with E-state index in [1.54, 1.807) is 11.8 Å². The first-order valence-corrected chi connectivity index (χ1v) is 13.8. The molecule has 5 N–H and O–H groups in total. The second kappa shape index (κ2) is 12.0. The molecule has 0 spiro atoms. The number of fused-ring (bicyclic) bond motifs is 1. The average molecular weight is 557 g/mol. The molecule has 0 aliphatic carbocycles. The van der Waals surface area contributed by atoms with E-state index in [0.29, 0.717) is 31.8 Å². The quantitative estimate of drug-likeness (QED) is 0.201. The van der Waals surface area contributed by atoms with Gasteiger partial charge in [0.2, 0.25) is 11.8 Å². The summed E-state index contributed by atoms with van der Waals surface area (Å²) in [6.45, 7) is 6.26. The molecule has 11 nitrogen and oxygen atoms in total. The molecule has 3 heterocycles. The van der Waals surface area contributed by atoms with Gasteiger partial charge in [0.15, 0.2) is 5.82 Å². The van der Waals surface area contributed by atoms with E-state index in [1.807, 2.05) is 74.6 Å². The number of nitrogens with zero attached hydrogens (tertiary/aromatic N) is 4. The summed E-state index contributed by atoms with van der Waals surface area (Å²) in [6, 6.07) is 17.3. The minimum absolute atomic E-state index is 0.140. The number of carbonyl (C=O) groups excluding carboxylic acids is 2. The van der Waals surface area contributed by atoms with E-state index < -0.39 is 17.7 Å². The number of benzene rings is 2. The van der Waals surface area contributed by atoms with Crippen molar-refractivity contribution >= 4 is 17.5 Å². The molecule has 11 heteroatoms. The Balaban J connectivity index is 1.32. The highest BCUT2D eigenvalue weighted by Gasteiger charge is 2.33. The van der Waals surface area contributed by atoms with Crippen LogP contribution in [0, 0.1) is 0 Å². The number of aromatic nitrogens is 5. The predicted octanol–water partition coefficient (Wildman–Crippen LogP) is 2.97. The number of H-pyrrole nitrogens is 2. The van der Waals surface area contributed by atoms with Crippen LogP contribution in [0.4, 0.5) is 5.69 Å². The Labute approximate surface area is 238 Å². The van der Waals surface area contributed by atoms with E-state index in [9.17, 15) is 14.7 Å². The lowest BCUT2D eigenvalue weighted by atomic mass is 9.98. The van der Waals surface area contributed by atoms with Crippen molar-refractivity contribution in [3.63, 3.8) is 0 Å². The van der Waals surface area contributed by atoms with Crippen LogP contribution < -0.4 is 15.5 Å². The summed E-state index contributed by atoms with van der Waals surface area (Å²) in [4.78, 5) is 31.8. The molecule has 2 aromatic heterocycles. The lowest BCUT2D eigenvalue weighted by molar-refractivity contribution is -0.128. The molecule has 0 fully saturated rings. The van der Waals surface area contributed by atoms with Crippen LogP contribution in [0.1, 0.15) is 44.9 Å². The van der Waals surface area contributed by atoms with Crippen LogP contribution in [0.25, 0.3) is 22.5 Å². The van der Waals surface area contributed by atoms with Crippen molar-refractivity contribution in [2.45, 2.75) is 64.3 Å². The predicted molar refractivity (Wildman–Crippen MR) is 156 cm³/mol. The summed E-state index contributed by atoms with van der Waals surface area (Å²) in [5.74, 6) is 0.246. The minimum atomic E-state index is -0.641. The van der Waals surface area contributed by atoms with Crippen LogP contribution in [-0.2, 0) is 22.6 Å². The zero-order chi connectivity index (χ0) is 29.0. The maximum absolute atomic E-state index is 13.8. The number of aryl methyl sites for hydroxylation is 1. The van der Waals surface area contributed by atoms with E-state index >= 15 is 0 Å². The lowest BCUT2D eigenvalue weighted by Gasteiger charge is -2.29. The number of aliphatic hydroxyl groups is 1. The molecule has 2 aromatic carbocycles. The van der Waals surface area contributed by atoms with Gasteiger partial charge in [-0.2, -0.15) is 0 Å². The Morgan fingerprint density at radius 1 is 1.15 bits per heavy atom. The summed E-state index contributed by atoms with van der Waals surface area (Å²) >= 11 is 0. The summed E-state index contributed by atoms with van der Waals surface area (Å²) < 4.78 is 0. The summed E-state index contributed by atoms with van der Waals surface area (Å²) in [5, 5.41) is 30.1. The van der Waals surface area contributed by atoms with Crippen LogP contribution in [0.3, 0.4) is 0 Å². The van der Waals surface area contributed by atoms with E-state index in [0.717, 1.165) is 33.6 Å². The number of hydrogen-bond donors (Lipinski definition) is 5.